The second kappa shape index (κ2) is 3.12. The van der Waals surface area contributed by atoms with Crippen molar-refractivity contribution in [3.63, 3.8) is 0 Å². The molecule has 2 saturated carbocycles. The number of hydrogen-bond acceptors (Lipinski definition) is 4. The maximum absolute atomic E-state index is 12.2. The van der Waals surface area contributed by atoms with Crippen molar-refractivity contribution in [2.24, 2.45) is 16.7 Å². The molecule has 4 nitrogen and oxygen atoms in total. The summed E-state index contributed by atoms with van der Waals surface area (Å²) in [6, 6.07) is 0. The average Bonchev–Trinajstić information content (AvgIpc) is 2.98. The van der Waals surface area contributed by atoms with Crippen LogP contribution in [0.5, 0.6) is 0 Å². The Labute approximate surface area is 102 Å². The molecule has 1 heterocycles. The Kier molecular flexibility index (Phi) is 2.14. The van der Waals surface area contributed by atoms with Crippen LogP contribution >= 0.6 is 0 Å². The number of hydrogen-bond donors (Lipinski definition) is 0. The Morgan fingerprint density at radius 3 is 2.47 bits per heavy atom. The van der Waals surface area contributed by atoms with E-state index in [0.717, 1.165) is 12.8 Å². The van der Waals surface area contributed by atoms with Crippen LogP contribution in [0.15, 0.2) is 0 Å². The molecule has 2 aliphatic carbocycles. The first kappa shape index (κ1) is 11.7. The van der Waals surface area contributed by atoms with Crippen LogP contribution in [0.25, 0.3) is 0 Å². The van der Waals surface area contributed by atoms with Gasteiger partial charge in [0.15, 0.2) is 15.3 Å². The largest absolute Gasteiger partial charge is 0.356 e. The monoisotopic (exact) mass is 258 g/mol. The summed E-state index contributed by atoms with van der Waals surface area (Å²) in [4.78, 5) is 12.2. The first-order valence-corrected chi connectivity index (χ1v) is 7.88. The molecule has 0 aromatic rings. The molecule has 96 valence electrons. The zero-order chi connectivity index (χ0) is 12.5. The number of ether oxygens (including phenoxy) is 1. The van der Waals surface area contributed by atoms with Crippen molar-refractivity contribution >= 4 is 15.6 Å². The zero-order valence-corrected chi connectivity index (χ0v) is 11.0. The summed E-state index contributed by atoms with van der Waals surface area (Å²) in [5.74, 6) is 0.515. The standard InChI is InChI=1S/C12H18O4S/c1-11(2)8-3-4-12(11,9(13)5-8)7-17(14,15)10-6-16-10/h8,10H,3-7H2,1-2H3/t8?,10?,12-/m0/s1. The van der Waals surface area contributed by atoms with Crippen molar-refractivity contribution in [2.45, 2.75) is 38.5 Å². The van der Waals surface area contributed by atoms with Crippen molar-refractivity contribution in [3.8, 4) is 0 Å². The molecule has 3 aliphatic rings. The van der Waals surface area contributed by atoms with E-state index in [2.05, 4.69) is 13.8 Å². The fraction of sp³-hybridized carbons (Fsp3) is 0.917. The maximum atomic E-state index is 12.2. The van der Waals surface area contributed by atoms with Gasteiger partial charge in [0, 0.05) is 11.8 Å². The summed E-state index contributed by atoms with van der Waals surface area (Å²) in [5, 5.41) is 0. The van der Waals surface area contributed by atoms with Crippen LogP contribution < -0.4 is 0 Å². The molecule has 17 heavy (non-hydrogen) atoms. The molecule has 2 unspecified atom stereocenters. The molecule has 0 N–H and O–H groups in total. The molecule has 3 atom stereocenters. The SMILES string of the molecule is CC1(C)C2CC[C@]1(CS(=O)(=O)C1CO1)C(=O)C2. The van der Waals surface area contributed by atoms with Crippen LogP contribution in [0, 0.1) is 16.7 Å². The molecule has 0 aromatic heterocycles. The fourth-order valence-corrected chi connectivity index (χ4v) is 5.83. The molecule has 5 heteroatoms. The Balaban J connectivity index is 1.97. The van der Waals surface area contributed by atoms with Gasteiger partial charge in [-0.3, -0.25) is 4.79 Å². The van der Waals surface area contributed by atoms with Gasteiger partial charge in [-0.1, -0.05) is 13.8 Å². The quantitative estimate of drug-likeness (QED) is 0.712. The van der Waals surface area contributed by atoms with Gasteiger partial charge in [-0.25, -0.2) is 8.42 Å². The van der Waals surface area contributed by atoms with Crippen LogP contribution in [-0.4, -0.2) is 32.0 Å². The third-order valence-corrected chi connectivity index (χ3v) is 7.26. The van der Waals surface area contributed by atoms with Gasteiger partial charge < -0.3 is 4.74 Å². The summed E-state index contributed by atoms with van der Waals surface area (Å²) in [7, 11) is -3.26. The molecule has 0 radical (unpaired) electrons. The Morgan fingerprint density at radius 2 is 2.06 bits per heavy atom. The molecule has 2 bridgehead atoms. The Hall–Kier alpha value is -0.420. The zero-order valence-electron chi connectivity index (χ0n) is 10.2. The van der Waals surface area contributed by atoms with Crippen LogP contribution in [0.3, 0.4) is 0 Å². The van der Waals surface area contributed by atoms with Crippen LogP contribution in [0.1, 0.15) is 33.1 Å². The van der Waals surface area contributed by atoms with Gasteiger partial charge in [-0.2, -0.15) is 0 Å². The minimum atomic E-state index is -3.26. The van der Waals surface area contributed by atoms with Gasteiger partial charge in [-0.15, -0.1) is 0 Å². The van der Waals surface area contributed by atoms with Crippen molar-refractivity contribution in [1.29, 1.82) is 0 Å². The first-order chi connectivity index (χ1) is 7.80. The molecule has 1 saturated heterocycles. The van der Waals surface area contributed by atoms with Gasteiger partial charge in [0.05, 0.1) is 12.4 Å². The fourth-order valence-electron chi connectivity index (χ4n) is 3.79. The van der Waals surface area contributed by atoms with Crippen LogP contribution in [0.4, 0.5) is 0 Å². The van der Waals surface area contributed by atoms with E-state index < -0.39 is 20.7 Å². The summed E-state index contributed by atoms with van der Waals surface area (Å²) >= 11 is 0. The number of fused-ring (bicyclic) bond motifs is 2. The summed E-state index contributed by atoms with van der Waals surface area (Å²) in [6.07, 6.45) is 2.28. The molecule has 3 rings (SSSR count). The highest BCUT2D eigenvalue weighted by molar-refractivity contribution is 7.92. The van der Waals surface area contributed by atoms with E-state index in [1.807, 2.05) is 0 Å². The number of Topliss-reactive ketones (excluding diaryl/α,β-unsaturated/α-hetero) is 1. The lowest BCUT2D eigenvalue weighted by molar-refractivity contribution is -0.128. The third-order valence-electron chi connectivity index (χ3n) is 5.29. The third kappa shape index (κ3) is 1.38. The van der Waals surface area contributed by atoms with Gasteiger partial charge in [0.25, 0.3) is 0 Å². The Bertz CT molecular complexity index is 475. The highest BCUT2D eigenvalue weighted by Gasteiger charge is 2.66. The molecular weight excluding hydrogens is 240 g/mol. The minimum Gasteiger partial charge on any atom is -0.356 e. The number of rotatable bonds is 3. The van der Waals surface area contributed by atoms with E-state index >= 15 is 0 Å². The highest BCUT2D eigenvalue weighted by Crippen LogP contribution is 2.64. The highest BCUT2D eigenvalue weighted by atomic mass is 32.2. The smallest absolute Gasteiger partial charge is 0.182 e. The summed E-state index contributed by atoms with van der Waals surface area (Å²) in [6.45, 7) is 4.41. The van der Waals surface area contributed by atoms with Crippen molar-refractivity contribution < 1.29 is 17.9 Å². The van der Waals surface area contributed by atoms with Crippen molar-refractivity contribution in [3.05, 3.63) is 0 Å². The van der Waals surface area contributed by atoms with Crippen LogP contribution in [0.2, 0.25) is 0 Å². The lowest BCUT2D eigenvalue weighted by Gasteiger charge is -2.35. The second-order valence-corrected chi connectivity index (χ2v) is 8.38. The molecule has 1 aliphatic heterocycles. The van der Waals surface area contributed by atoms with E-state index in [9.17, 15) is 13.2 Å². The first-order valence-electron chi connectivity index (χ1n) is 6.16. The number of carbonyl (C=O) groups excluding carboxylic acids is 1. The number of carbonyl (C=O) groups is 1. The lowest BCUT2D eigenvalue weighted by Crippen LogP contribution is -2.43. The molecule has 0 aromatic carbocycles. The maximum Gasteiger partial charge on any atom is 0.182 e. The predicted molar refractivity (Wildman–Crippen MR) is 62.1 cm³/mol. The van der Waals surface area contributed by atoms with Gasteiger partial charge >= 0.3 is 0 Å². The molecule has 0 spiro atoms. The van der Waals surface area contributed by atoms with E-state index in [1.54, 1.807) is 0 Å². The predicted octanol–water partition coefficient (Wildman–Crippen LogP) is 1.15. The molecule has 0 amide bonds. The van der Waals surface area contributed by atoms with E-state index in [4.69, 9.17) is 4.74 Å². The van der Waals surface area contributed by atoms with Crippen LogP contribution in [-0.2, 0) is 19.4 Å². The van der Waals surface area contributed by atoms with E-state index in [0.29, 0.717) is 18.9 Å². The van der Waals surface area contributed by atoms with Crippen molar-refractivity contribution in [2.75, 3.05) is 12.4 Å². The second-order valence-electron chi connectivity index (χ2n) is 6.24. The lowest BCUT2D eigenvalue weighted by atomic mass is 9.70. The van der Waals surface area contributed by atoms with Gasteiger partial charge in [-0.05, 0) is 24.2 Å². The molecule has 3 fully saturated rings. The average molecular weight is 258 g/mol. The van der Waals surface area contributed by atoms with Crippen molar-refractivity contribution in [1.82, 2.24) is 0 Å². The molecular formula is C12H18O4S. The Morgan fingerprint density at radius 1 is 1.41 bits per heavy atom. The van der Waals surface area contributed by atoms with Gasteiger partial charge in [0.1, 0.15) is 5.78 Å². The minimum absolute atomic E-state index is 0.00694. The number of sulfone groups is 1. The summed E-state index contributed by atoms with van der Waals surface area (Å²) in [5.41, 5.74) is -1.45. The van der Waals surface area contributed by atoms with Gasteiger partial charge in [0.2, 0.25) is 0 Å². The summed E-state index contributed by atoms with van der Waals surface area (Å²) < 4.78 is 29.1. The number of ketones is 1. The van der Waals surface area contributed by atoms with E-state index in [1.165, 1.54) is 0 Å². The van der Waals surface area contributed by atoms with E-state index in [-0.39, 0.29) is 17.0 Å². The normalized spacial score (nSPS) is 43.1. The number of epoxide rings is 1. The topological polar surface area (TPSA) is 63.7 Å².